The van der Waals surface area contributed by atoms with Gasteiger partial charge in [-0.05, 0) is 52.4 Å². The quantitative estimate of drug-likeness (QED) is 0.377. The van der Waals surface area contributed by atoms with Crippen LogP contribution in [0.2, 0.25) is 0 Å². The van der Waals surface area contributed by atoms with Crippen molar-refractivity contribution in [3.05, 3.63) is 82.6 Å². The van der Waals surface area contributed by atoms with Crippen LogP contribution in [0.25, 0.3) is 22.0 Å². The van der Waals surface area contributed by atoms with Crippen LogP contribution >= 0.6 is 11.8 Å². The lowest BCUT2D eigenvalue weighted by Crippen LogP contribution is -2.60. The van der Waals surface area contributed by atoms with Crippen LogP contribution in [0.5, 0.6) is 0 Å². The highest BCUT2D eigenvalue weighted by Gasteiger charge is 2.45. The Kier molecular flexibility index (Phi) is 5.27. The first-order chi connectivity index (χ1) is 15.6. The number of nitrogens with zero attached hydrogens (tertiary/aromatic N) is 3. The van der Waals surface area contributed by atoms with E-state index in [2.05, 4.69) is 29.2 Å². The molecule has 1 unspecified atom stereocenters. The van der Waals surface area contributed by atoms with Crippen molar-refractivity contribution in [2.24, 2.45) is 0 Å². The van der Waals surface area contributed by atoms with Crippen molar-refractivity contribution in [3.8, 4) is 11.3 Å². The summed E-state index contributed by atoms with van der Waals surface area (Å²) in [4.78, 5) is 31.3. The summed E-state index contributed by atoms with van der Waals surface area (Å²) in [5, 5.41) is 7.45. The number of aromatic nitrogens is 3. The van der Waals surface area contributed by atoms with Crippen molar-refractivity contribution in [1.29, 1.82) is 0 Å². The molecule has 0 aliphatic carbocycles. The molecule has 2 heterocycles. The predicted molar refractivity (Wildman–Crippen MR) is 127 cm³/mol. The van der Waals surface area contributed by atoms with Gasteiger partial charge >= 0.3 is 11.3 Å². The van der Waals surface area contributed by atoms with E-state index in [0.29, 0.717) is 22.8 Å². The topological polar surface area (TPSA) is 69.9 Å². The van der Waals surface area contributed by atoms with Crippen molar-refractivity contribution < 1.29 is 9.48 Å². The van der Waals surface area contributed by atoms with Crippen LogP contribution in [0.3, 0.4) is 0 Å². The fraction of sp³-hybridized carbons (Fsp3) is 0.200. The zero-order valence-corrected chi connectivity index (χ0v) is 18.7. The number of thioether (sulfide) groups is 1. The van der Waals surface area contributed by atoms with E-state index in [1.807, 2.05) is 55.6 Å². The first kappa shape index (κ1) is 20.5. The third-order valence-corrected chi connectivity index (χ3v) is 6.33. The summed E-state index contributed by atoms with van der Waals surface area (Å²) in [6.45, 7) is 1.99. The lowest BCUT2D eigenvalue weighted by atomic mass is 9.99. The van der Waals surface area contributed by atoms with Gasteiger partial charge in [0, 0.05) is 17.1 Å². The van der Waals surface area contributed by atoms with Crippen LogP contribution < -0.4 is 15.1 Å². The highest BCUT2D eigenvalue weighted by molar-refractivity contribution is 7.98. The van der Waals surface area contributed by atoms with Gasteiger partial charge in [0.15, 0.2) is 0 Å². The summed E-state index contributed by atoms with van der Waals surface area (Å²) in [7, 11) is 0. The number of para-hydroxylation sites is 1. The van der Waals surface area contributed by atoms with E-state index in [9.17, 15) is 9.59 Å². The Bertz CT molecular complexity index is 1400. The average molecular weight is 444 g/mol. The Morgan fingerprint density at radius 2 is 1.84 bits per heavy atom. The summed E-state index contributed by atoms with van der Waals surface area (Å²) in [5.74, 6) is 0.00374. The predicted octanol–water partition coefficient (Wildman–Crippen LogP) is 4.29. The summed E-state index contributed by atoms with van der Waals surface area (Å²) in [5.41, 5.74) is 2.57. The smallest absolute Gasteiger partial charge is 0.291 e. The van der Waals surface area contributed by atoms with Crippen LogP contribution in [-0.4, -0.2) is 22.2 Å². The molecule has 0 spiro atoms. The Hall–Kier alpha value is -3.45. The maximum absolute atomic E-state index is 13.5. The lowest BCUT2D eigenvalue weighted by molar-refractivity contribution is -0.763. The molecule has 3 aromatic carbocycles. The van der Waals surface area contributed by atoms with Gasteiger partial charge in [-0.15, -0.1) is 0 Å². The van der Waals surface area contributed by atoms with Gasteiger partial charge in [0.05, 0.1) is 11.3 Å². The molecular formula is C25H23N4O2S+. The number of benzene rings is 3. The second-order valence-corrected chi connectivity index (χ2v) is 8.56. The van der Waals surface area contributed by atoms with Crippen LogP contribution in [0.1, 0.15) is 31.5 Å². The maximum Gasteiger partial charge on any atom is 0.325 e. The largest absolute Gasteiger partial charge is 0.325 e. The minimum atomic E-state index is -0.559. The molecule has 1 amide bonds. The molecule has 1 aliphatic heterocycles. The Morgan fingerprint density at radius 1 is 1.09 bits per heavy atom. The van der Waals surface area contributed by atoms with Crippen molar-refractivity contribution >= 4 is 34.1 Å². The van der Waals surface area contributed by atoms with Gasteiger partial charge in [-0.3, -0.25) is 14.6 Å². The second-order valence-electron chi connectivity index (χ2n) is 7.77. The van der Waals surface area contributed by atoms with Gasteiger partial charge in [-0.1, -0.05) is 61.2 Å². The van der Waals surface area contributed by atoms with Crippen LogP contribution in [0.15, 0.2) is 76.7 Å². The molecular weight excluding hydrogens is 420 g/mol. The lowest BCUT2D eigenvalue weighted by Gasteiger charge is -2.32. The Labute approximate surface area is 189 Å². The summed E-state index contributed by atoms with van der Waals surface area (Å²) in [6, 6.07) is 21.8. The normalized spacial score (nSPS) is 14.8. The van der Waals surface area contributed by atoms with Gasteiger partial charge in [0.1, 0.15) is 0 Å². The van der Waals surface area contributed by atoms with Crippen molar-refractivity contribution in [1.82, 2.24) is 10.1 Å². The zero-order chi connectivity index (χ0) is 22.2. The Balaban J connectivity index is 1.83. The Morgan fingerprint density at radius 3 is 2.62 bits per heavy atom. The molecule has 160 valence electrons. The van der Waals surface area contributed by atoms with E-state index in [1.54, 1.807) is 9.58 Å². The number of nitrogens with one attached hydrogen (secondary N) is 1. The van der Waals surface area contributed by atoms with E-state index in [-0.39, 0.29) is 11.5 Å². The molecule has 0 fully saturated rings. The van der Waals surface area contributed by atoms with Gasteiger partial charge in [-0.25, -0.2) is 4.90 Å². The molecule has 1 aromatic heterocycles. The minimum absolute atomic E-state index is 0.00374. The minimum Gasteiger partial charge on any atom is -0.291 e. The van der Waals surface area contributed by atoms with Crippen molar-refractivity contribution in [3.63, 3.8) is 0 Å². The molecule has 1 N–H and O–H groups in total. The van der Waals surface area contributed by atoms with E-state index in [0.717, 1.165) is 28.4 Å². The standard InChI is InChI=1S/C25H22N4O2S/c1-3-8-21(30)28-20-12-7-6-11-19(20)22-23(31)26-25(32-2)27-29(22)24(28)18-14-13-16-9-4-5-10-17(16)15-18/h4-7,9-15,24H,3,8H2,1-2H3/p+1. The van der Waals surface area contributed by atoms with E-state index < -0.39 is 6.17 Å². The molecule has 0 saturated carbocycles. The third kappa shape index (κ3) is 3.29. The molecule has 0 saturated heterocycles. The number of anilines is 1. The SMILES string of the molecule is CCCC(=O)N1c2ccccc2-c2c(=O)[nH]c(SC)n[n+]2C1c1ccc2ccccc2c1. The van der Waals surface area contributed by atoms with E-state index >= 15 is 0 Å². The summed E-state index contributed by atoms with van der Waals surface area (Å²) >= 11 is 1.37. The van der Waals surface area contributed by atoms with E-state index in [1.165, 1.54) is 11.8 Å². The molecule has 5 rings (SSSR count). The number of carbonyl (C=O) groups is 1. The number of fused-ring (bicyclic) bond motifs is 4. The van der Waals surface area contributed by atoms with Gasteiger partial charge in [-0.2, -0.15) is 0 Å². The summed E-state index contributed by atoms with van der Waals surface area (Å²) in [6.07, 6.45) is 2.45. The summed E-state index contributed by atoms with van der Waals surface area (Å²) < 4.78 is 1.71. The maximum atomic E-state index is 13.5. The average Bonchev–Trinajstić information content (AvgIpc) is 2.82. The number of hydrogen-bond acceptors (Lipinski definition) is 4. The number of aromatic amines is 1. The monoisotopic (exact) mass is 443 g/mol. The van der Waals surface area contributed by atoms with Crippen LogP contribution in [0, 0.1) is 0 Å². The van der Waals surface area contributed by atoms with Crippen molar-refractivity contribution in [2.45, 2.75) is 31.1 Å². The first-order valence-corrected chi connectivity index (χ1v) is 11.8. The molecule has 0 bridgehead atoms. The molecule has 1 aliphatic rings. The fourth-order valence-corrected chi connectivity index (χ4v) is 4.70. The van der Waals surface area contributed by atoms with Gasteiger partial charge in [0.25, 0.3) is 6.17 Å². The zero-order valence-electron chi connectivity index (χ0n) is 17.9. The second kappa shape index (κ2) is 8.24. The highest BCUT2D eigenvalue weighted by atomic mass is 32.2. The number of rotatable bonds is 4. The van der Waals surface area contributed by atoms with Crippen molar-refractivity contribution in [2.75, 3.05) is 11.2 Å². The molecule has 1 atom stereocenters. The van der Waals surface area contributed by atoms with Crippen LogP contribution in [-0.2, 0) is 4.79 Å². The number of carbonyl (C=O) groups excluding carboxylic acids is 1. The molecule has 32 heavy (non-hydrogen) atoms. The third-order valence-electron chi connectivity index (χ3n) is 5.76. The fourth-order valence-electron chi connectivity index (χ4n) is 4.34. The van der Waals surface area contributed by atoms with Crippen LogP contribution in [0.4, 0.5) is 5.69 Å². The van der Waals surface area contributed by atoms with E-state index in [4.69, 9.17) is 5.10 Å². The highest BCUT2D eigenvalue weighted by Crippen LogP contribution is 2.38. The first-order valence-electron chi connectivity index (χ1n) is 10.6. The van der Waals surface area contributed by atoms with Gasteiger partial charge < -0.3 is 0 Å². The number of hydrogen-bond donors (Lipinski definition) is 1. The van der Waals surface area contributed by atoms with Gasteiger partial charge in [0.2, 0.25) is 11.1 Å². The molecule has 6 nitrogen and oxygen atoms in total. The number of H-pyrrole nitrogens is 1. The number of amides is 1. The molecule has 7 heteroatoms. The molecule has 4 aromatic rings. The molecule has 0 radical (unpaired) electrons.